The molecule has 2 aliphatic heterocycles. The molecule has 0 aliphatic carbocycles. The summed E-state index contributed by atoms with van der Waals surface area (Å²) < 4.78 is 0. The molecule has 1 aromatic heterocycles. The predicted molar refractivity (Wildman–Crippen MR) is 90.3 cm³/mol. The van der Waals surface area contributed by atoms with Crippen molar-refractivity contribution in [3.8, 4) is 0 Å². The Morgan fingerprint density at radius 1 is 1.09 bits per heavy atom. The molecule has 0 unspecified atom stereocenters. The first-order valence-electron chi connectivity index (χ1n) is 8.48. The molecule has 7 heteroatoms. The zero-order chi connectivity index (χ0) is 16.2. The van der Waals surface area contributed by atoms with E-state index in [1.54, 1.807) is 0 Å². The van der Waals surface area contributed by atoms with Gasteiger partial charge in [-0.05, 0) is 26.2 Å². The summed E-state index contributed by atoms with van der Waals surface area (Å²) in [4.78, 5) is 27.2. The number of aromatic nitrogens is 2. The lowest BCUT2D eigenvalue weighted by Gasteiger charge is -2.36. The van der Waals surface area contributed by atoms with Gasteiger partial charge < -0.3 is 15.5 Å². The first-order chi connectivity index (χ1) is 11.1. The van der Waals surface area contributed by atoms with Crippen molar-refractivity contribution in [1.82, 2.24) is 19.8 Å². The number of piperazine rings is 1. The van der Waals surface area contributed by atoms with Gasteiger partial charge in [-0.1, -0.05) is 0 Å². The molecule has 3 heterocycles. The van der Waals surface area contributed by atoms with Gasteiger partial charge in [-0.3, -0.25) is 9.69 Å². The van der Waals surface area contributed by atoms with Gasteiger partial charge in [-0.15, -0.1) is 0 Å². The average molecular weight is 318 g/mol. The number of hydrogen-bond acceptors (Lipinski definition) is 6. The summed E-state index contributed by atoms with van der Waals surface area (Å²) in [5.74, 6) is 1.49. The SMILES string of the molecule is Cc1cc(N2CCN(CC(=O)N3CCCCC3)CC2)nc(N)n1. The van der Waals surface area contributed by atoms with E-state index in [4.69, 9.17) is 5.73 Å². The van der Waals surface area contributed by atoms with Crippen molar-refractivity contribution < 1.29 is 4.79 Å². The number of nitrogens with two attached hydrogens (primary N) is 1. The minimum absolute atomic E-state index is 0.278. The van der Waals surface area contributed by atoms with Crippen LogP contribution in [0.15, 0.2) is 6.07 Å². The summed E-state index contributed by atoms with van der Waals surface area (Å²) in [6.45, 7) is 7.81. The van der Waals surface area contributed by atoms with Gasteiger partial charge in [0.25, 0.3) is 0 Å². The smallest absolute Gasteiger partial charge is 0.236 e. The largest absolute Gasteiger partial charge is 0.368 e. The molecule has 0 radical (unpaired) electrons. The first kappa shape index (κ1) is 16.0. The number of nitrogens with zero attached hydrogens (tertiary/aromatic N) is 5. The van der Waals surface area contributed by atoms with Gasteiger partial charge in [0.05, 0.1) is 6.54 Å². The van der Waals surface area contributed by atoms with Crippen LogP contribution in [0.5, 0.6) is 0 Å². The van der Waals surface area contributed by atoms with E-state index in [0.717, 1.165) is 63.6 Å². The van der Waals surface area contributed by atoms with Crippen molar-refractivity contribution >= 4 is 17.7 Å². The van der Waals surface area contributed by atoms with Gasteiger partial charge in [0.15, 0.2) is 0 Å². The molecule has 0 spiro atoms. The normalized spacial score (nSPS) is 19.9. The van der Waals surface area contributed by atoms with Gasteiger partial charge >= 0.3 is 0 Å². The van der Waals surface area contributed by atoms with E-state index >= 15 is 0 Å². The van der Waals surface area contributed by atoms with E-state index in [1.165, 1.54) is 6.42 Å². The summed E-state index contributed by atoms with van der Waals surface area (Å²) in [5.41, 5.74) is 6.62. The molecular formula is C16H26N6O. The highest BCUT2D eigenvalue weighted by molar-refractivity contribution is 5.78. The highest BCUT2D eigenvalue weighted by Crippen LogP contribution is 2.16. The number of aryl methyl sites for hydroxylation is 1. The van der Waals surface area contributed by atoms with E-state index in [-0.39, 0.29) is 5.91 Å². The number of nitrogen functional groups attached to an aromatic ring is 1. The summed E-state index contributed by atoms with van der Waals surface area (Å²) in [6.07, 6.45) is 3.55. The second-order valence-corrected chi connectivity index (χ2v) is 6.43. The van der Waals surface area contributed by atoms with Crippen LogP contribution in [-0.4, -0.2) is 71.5 Å². The zero-order valence-electron chi connectivity index (χ0n) is 13.9. The highest BCUT2D eigenvalue weighted by atomic mass is 16.2. The molecule has 2 aliphatic rings. The Balaban J connectivity index is 1.51. The number of anilines is 2. The Labute approximate surface area is 137 Å². The molecule has 2 N–H and O–H groups in total. The Kier molecular flexibility index (Phi) is 4.95. The molecule has 0 atom stereocenters. The number of piperidine rings is 1. The molecule has 7 nitrogen and oxygen atoms in total. The highest BCUT2D eigenvalue weighted by Gasteiger charge is 2.23. The Hall–Kier alpha value is -1.89. The van der Waals surface area contributed by atoms with Crippen molar-refractivity contribution in [2.24, 2.45) is 0 Å². The number of hydrogen-bond donors (Lipinski definition) is 1. The summed E-state index contributed by atoms with van der Waals surface area (Å²) >= 11 is 0. The molecule has 23 heavy (non-hydrogen) atoms. The monoisotopic (exact) mass is 318 g/mol. The van der Waals surface area contributed by atoms with Crippen LogP contribution in [0.4, 0.5) is 11.8 Å². The quantitative estimate of drug-likeness (QED) is 0.874. The Bertz CT molecular complexity index is 529. The van der Waals surface area contributed by atoms with Crippen molar-refractivity contribution in [2.45, 2.75) is 26.2 Å². The Morgan fingerprint density at radius 2 is 1.78 bits per heavy atom. The number of likely N-dealkylation sites (tertiary alicyclic amines) is 1. The van der Waals surface area contributed by atoms with Crippen molar-refractivity contribution in [3.63, 3.8) is 0 Å². The maximum absolute atomic E-state index is 12.3. The molecule has 0 saturated carbocycles. The van der Waals surface area contributed by atoms with Crippen molar-refractivity contribution in [3.05, 3.63) is 11.8 Å². The molecule has 1 amide bonds. The third kappa shape index (κ3) is 4.10. The van der Waals surface area contributed by atoms with Gasteiger partial charge in [0.2, 0.25) is 11.9 Å². The fraction of sp³-hybridized carbons (Fsp3) is 0.688. The molecule has 126 valence electrons. The lowest BCUT2D eigenvalue weighted by atomic mass is 10.1. The molecule has 1 aromatic rings. The molecule has 0 aromatic carbocycles. The van der Waals surface area contributed by atoms with E-state index in [2.05, 4.69) is 19.8 Å². The summed E-state index contributed by atoms with van der Waals surface area (Å²) in [7, 11) is 0. The van der Waals surface area contributed by atoms with Crippen molar-refractivity contribution in [2.75, 3.05) is 56.4 Å². The molecule has 2 fully saturated rings. The third-order valence-corrected chi connectivity index (χ3v) is 4.62. The van der Waals surface area contributed by atoms with Gasteiger partial charge in [-0.2, -0.15) is 4.98 Å². The minimum atomic E-state index is 0.278. The summed E-state index contributed by atoms with van der Waals surface area (Å²) in [5, 5.41) is 0. The van der Waals surface area contributed by atoms with Crippen LogP contribution in [0.25, 0.3) is 0 Å². The fourth-order valence-corrected chi connectivity index (χ4v) is 3.31. The summed E-state index contributed by atoms with van der Waals surface area (Å²) in [6, 6.07) is 1.96. The standard InChI is InChI=1S/C16H26N6O/c1-13-11-14(19-16(17)18-13)21-9-7-20(8-10-21)12-15(23)22-5-3-2-4-6-22/h11H,2-10,12H2,1H3,(H2,17,18,19). The predicted octanol–water partition coefficient (Wildman–Crippen LogP) is 0.502. The van der Waals surface area contributed by atoms with Gasteiger partial charge in [0.1, 0.15) is 5.82 Å². The zero-order valence-corrected chi connectivity index (χ0v) is 13.9. The first-order valence-corrected chi connectivity index (χ1v) is 8.48. The fourth-order valence-electron chi connectivity index (χ4n) is 3.31. The average Bonchev–Trinajstić information content (AvgIpc) is 2.55. The van der Waals surface area contributed by atoms with E-state index in [0.29, 0.717) is 12.5 Å². The molecule has 0 bridgehead atoms. The molecule has 3 rings (SSSR count). The maximum atomic E-state index is 12.3. The van der Waals surface area contributed by atoms with Crippen LogP contribution in [0.1, 0.15) is 25.0 Å². The lowest BCUT2D eigenvalue weighted by molar-refractivity contribution is -0.133. The number of rotatable bonds is 3. The second kappa shape index (κ2) is 7.12. The van der Waals surface area contributed by atoms with E-state index < -0.39 is 0 Å². The molecule has 2 saturated heterocycles. The number of carbonyl (C=O) groups excluding carboxylic acids is 1. The maximum Gasteiger partial charge on any atom is 0.236 e. The number of amides is 1. The van der Waals surface area contributed by atoms with Gasteiger partial charge in [0, 0.05) is 51.0 Å². The van der Waals surface area contributed by atoms with E-state index in [9.17, 15) is 4.79 Å². The van der Waals surface area contributed by atoms with Crippen LogP contribution in [0, 0.1) is 6.92 Å². The number of carbonyl (C=O) groups is 1. The van der Waals surface area contributed by atoms with Crippen LogP contribution < -0.4 is 10.6 Å². The Morgan fingerprint density at radius 3 is 2.43 bits per heavy atom. The topological polar surface area (TPSA) is 78.6 Å². The van der Waals surface area contributed by atoms with Crippen LogP contribution in [-0.2, 0) is 4.79 Å². The van der Waals surface area contributed by atoms with Crippen LogP contribution in [0.2, 0.25) is 0 Å². The van der Waals surface area contributed by atoms with Crippen LogP contribution >= 0.6 is 0 Å². The van der Waals surface area contributed by atoms with E-state index in [1.807, 2.05) is 17.9 Å². The lowest BCUT2D eigenvalue weighted by Crippen LogP contribution is -2.51. The molecular weight excluding hydrogens is 292 g/mol. The van der Waals surface area contributed by atoms with Crippen molar-refractivity contribution in [1.29, 1.82) is 0 Å². The minimum Gasteiger partial charge on any atom is -0.368 e. The third-order valence-electron chi connectivity index (χ3n) is 4.62. The second-order valence-electron chi connectivity index (χ2n) is 6.43. The van der Waals surface area contributed by atoms with Gasteiger partial charge in [-0.25, -0.2) is 4.98 Å². The van der Waals surface area contributed by atoms with Crippen LogP contribution in [0.3, 0.4) is 0 Å².